The lowest BCUT2D eigenvalue weighted by atomic mass is 10.2. The standard InChI is InChI=1S/C22H39N5O/c1-6-23-22(24-14-9-10-15-26(4)18(2)3)25-19-13-16-27(17-19)20-11-7-8-12-21(20)28-5/h7-8,11-12,18-19H,6,9-10,13-17H2,1-5H3,(H2,23,24,25). The van der Waals surface area contributed by atoms with Crippen molar-refractivity contribution in [2.75, 3.05) is 51.8 Å². The van der Waals surface area contributed by atoms with Crippen LogP contribution < -0.4 is 20.3 Å². The first-order valence-electron chi connectivity index (χ1n) is 10.7. The van der Waals surface area contributed by atoms with Crippen LogP contribution in [-0.4, -0.2) is 69.8 Å². The smallest absolute Gasteiger partial charge is 0.191 e. The summed E-state index contributed by atoms with van der Waals surface area (Å²) in [5.74, 6) is 1.88. The fraction of sp³-hybridized carbons (Fsp3) is 0.682. The van der Waals surface area contributed by atoms with Crippen molar-refractivity contribution in [3.05, 3.63) is 24.3 Å². The van der Waals surface area contributed by atoms with Crippen LogP contribution in [0.25, 0.3) is 0 Å². The number of nitrogens with zero attached hydrogens (tertiary/aromatic N) is 3. The first-order valence-corrected chi connectivity index (χ1v) is 10.7. The summed E-state index contributed by atoms with van der Waals surface area (Å²) in [6.07, 6.45) is 3.40. The molecular weight excluding hydrogens is 350 g/mol. The highest BCUT2D eigenvalue weighted by atomic mass is 16.5. The molecule has 158 valence electrons. The summed E-state index contributed by atoms with van der Waals surface area (Å²) in [7, 11) is 3.92. The van der Waals surface area contributed by atoms with Crippen molar-refractivity contribution in [3.63, 3.8) is 0 Å². The number of unbranched alkanes of at least 4 members (excludes halogenated alkanes) is 1. The molecule has 1 atom stereocenters. The topological polar surface area (TPSA) is 52.1 Å². The van der Waals surface area contributed by atoms with Gasteiger partial charge in [0.1, 0.15) is 5.75 Å². The number of hydrogen-bond acceptors (Lipinski definition) is 4. The molecule has 1 unspecified atom stereocenters. The molecule has 6 nitrogen and oxygen atoms in total. The van der Waals surface area contributed by atoms with E-state index < -0.39 is 0 Å². The molecule has 1 aliphatic rings. The van der Waals surface area contributed by atoms with Gasteiger partial charge in [-0.25, -0.2) is 0 Å². The van der Waals surface area contributed by atoms with Gasteiger partial charge in [-0.3, -0.25) is 4.99 Å². The van der Waals surface area contributed by atoms with Crippen LogP contribution >= 0.6 is 0 Å². The van der Waals surface area contributed by atoms with Crippen LogP contribution in [-0.2, 0) is 0 Å². The maximum atomic E-state index is 5.52. The SMILES string of the molecule is CCNC(=NCCCCN(C)C(C)C)NC1CCN(c2ccccc2OC)C1. The zero-order valence-electron chi connectivity index (χ0n) is 18.4. The Morgan fingerprint density at radius 2 is 2.11 bits per heavy atom. The van der Waals surface area contributed by atoms with Gasteiger partial charge in [-0.05, 0) is 65.8 Å². The van der Waals surface area contributed by atoms with Crippen LogP contribution in [0.15, 0.2) is 29.3 Å². The summed E-state index contributed by atoms with van der Waals surface area (Å²) < 4.78 is 5.52. The third-order valence-electron chi connectivity index (χ3n) is 5.37. The number of benzene rings is 1. The van der Waals surface area contributed by atoms with Gasteiger partial charge in [0.05, 0.1) is 12.8 Å². The molecule has 6 heteroatoms. The predicted octanol–water partition coefficient (Wildman–Crippen LogP) is 2.95. The molecule has 1 aromatic carbocycles. The van der Waals surface area contributed by atoms with Gasteiger partial charge in [-0.2, -0.15) is 0 Å². The van der Waals surface area contributed by atoms with E-state index in [0.717, 1.165) is 57.3 Å². The zero-order chi connectivity index (χ0) is 20.4. The Morgan fingerprint density at radius 1 is 1.32 bits per heavy atom. The molecule has 0 saturated carbocycles. The van der Waals surface area contributed by atoms with Crippen LogP contribution in [0.2, 0.25) is 0 Å². The van der Waals surface area contributed by atoms with Crippen molar-refractivity contribution in [3.8, 4) is 5.75 Å². The van der Waals surface area contributed by atoms with Gasteiger partial charge in [0.15, 0.2) is 5.96 Å². The van der Waals surface area contributed by atoms with Gasteiger partial charge in [0, 0.05) is 38.3 Å². The molecule has 0 aliphatic carbocycles. The van der Waals surface area contributed by atoms with E-state index in [9.17, 15) is 0 Å². The predicted molar refractivity (Wildman–Crippen MR) is 120 cm³/mol. The minimum absolute atomic E-state index is 0.398. The Hall–Kier alpha value is -1.95. The quantitative estimate of drug-likeness (QED) is 0.366. The molecule has 0 aromatic heterocycles. The number of ether oxygens (including phenoxy) is 1. The minimum atomic E-state index is 0.398. The lowest BCUT2D eigenvalue weighted by molar-refractivity contribution is 0.269. The maximum Gasteiger partial charge on any atom is 0.191 e. The number of hydrogen-bond donors (Lipinski definition) is 2. The van der Waals surface area contributed by atoms with Crippen molar-refractivity contribution >= 4 is 11.6 Å². The summed E-state index contributed by atoms with van der Waals surface area (Å²) in [6.45, 7) is 11.5. The van der Waals surface area contributed by atoms with E-state index >= 15 is 0 Å². The van der Waals surface area contributed by atoms with E-state index in [2.05, 4.69) is 60.4 Å². The first-order chi connectivity index (χ1) is 13.5. The highest BCUT2D eigenvalue weighted by molar-refractivity contribution is 5.80. The molecule has 0 radical (unpaired) electrons. The third-order valence-corrected chi connectivity index (χ3v) is 5.37. The van der Waals surface area contributed by atoms with E-state index in [-0.39, 0.29) is 0 Å². The summed E-state index contributed by atoms with van der Waals surface area (Å²) in [5, 5.41) is 7.01. The Labute approximate surface area is 171 Å². The van der Waals surface area contributed by atoms with Crippen LogP contribution in [0.5, 0.6) is 5.75 Å². The van der Waals surface area contributed by atoms with E-state index in [1.165, 1.54) is 12.1 Å². The van der Waals surface area contributed by atoms with Gasteiger partial charge in [0.2, 0.25) is 0 Å². The second-order valence-electron chi connectivity index (χ2n) is 7.79. The second kappa shape index (κ2) is 11.8. The number of aliphatic imine (C=N–C) groups is 1. The lowest BCUT2D eigenvalue weighted by Gasteiger charge is -2.22. The second-order valence-corrected chi connectivity index (χ2v) is 7.79. The van der Waals surface area contributed by atoms with Crippen LogP contribution in [0.3, 0.4) is 0 Å². The molecule has 28 heavy (non-hydrogen) atoms. The molecule has 2 rings (SSSR count). The molecule has 1 aliphatic heterocycles. The van der Waals surface area contributed by atoms with Crippen LogP contribution in [0.4, 0.5) is 5.69 Å². The largest absolute Gasteiger partial charge is 0.495 e. The maximum absolute atomic E-state index is 5.52. The zero-order valence-corrected chi connectivity index (χ0v) is 18.4. The highest BCUT2D eigenvalue weighted by Gasteiger charge is 2.25. The molecule has 0 spiro atoms. The molecule has 0 bridgehead atoms. The number of anilines is 1. The van der Waals surface area contributed by atoms with Crippen LogP contribution in [0.1, 0.15) is 40.0 Å². The number of rotatable bonds is 10. The molecule has 1 saturated heterocycles. The fourth-order valence-corrected chi connectivity index (χ4v) is 3.42. The van der Waals surface area contributed by atoms with Crippen molar-refractivity contribution in [1.29, 1.82) is 0 Å². The van der Waals surface area contributed by atoms with Crippen molar-refractivity contribution in [2.24, 2.45) is 4.99 Å². The van der Waals surface area contributed by atoms with Crippen molar-refractivity contribution in [1.82, 2.24) is 15.5 Å². The molecule has 0 amide bonds. The van der Waals surface area contributed by atoms with Gasteiger partial charge >= 0.3 is 0 Å². The Morgan fingerprint density at radius 3 is 2.82 bits per heavy atom. The molecule has 1 fully saturated rings. The summed E-state index contributed by atoms with van der Waals surface area (Å²) >= 11 is 0. The van der Waals surface area contributed by atoms with Crippen molar-refractivity contribution < 1.29 is 4.74 Å². The van der Waals surface area contributed by atoms with Gasteiger partial charge in [-0.1, -0.05) is 12.1 Å². The minimum Gasteiger partial charge on any atom is -0.495 e. The van der Waals surface area contributed by atoms with Crippen LogP contribution in [0, 0.1) is 0 Å². The van der Waals surface area contributed by atoms with E-state index in [0.29, 0.717) is 12.1 Å². The van der Waals surface area contributed by atoms with E-state index in [1.807, 2.05) is 12.1 Å². The number of nitrogens with one attached hydrogen (secondary N) is 2. The lowest BCUT2D eigenvalue weighted by Crippen LogP contribution is -2.44. The van der Waals surface area contributed by atoms with Gasteiger partial charge in [0.25, 0.3) is 0 Å². The summed E-state index contributed by atoms with van der Waals surface area (Å²) in [5.41, 5.74) is 1.17. The monoisotopic (exact) mass is 389 g/mol. The first kappa shape index (κ1) is 22.3. The van der Waals surface area contributed by atoms with Gasteiger partial charge in [-0.15, -0.1) is 0 Å². The third kappa shape index (κ3) is 6.89. The average Bonchev–Trinajstić information content (AvgIpc) is 3.15. The summed E-state index contributed by atoms with van der Waals surface area (Å²) in [4.78, 5) is 9.56. The Bertz CT molecular complexity index is 604. The number of methoxy groups -OCH3 is 1. The number of guanidine groups is 1. The molecule has 1 heterocycles. The van der Waals surface area contributed by atoms with E-state index in [4.69, 9.17) is 9.73 Å². The fourth-order valence-electron chi connectivity index (χ4n) is 3.42. The average molecular weight is 390 g/mol. The summed E-state index contributed by atoms with van der Waals surface area (Å²) in [6, 6.07) is 9.25. The normalized spacial score (nSPS) is 17.5. The molecular formula is C22H39N5O. The molecule has 1 aromatic rings. The van der Waals surface area contributed by atoms with Crippen molar-refractivity contribution in [2.45, 2.75) is 52.1 Å². The Kier molecular flexibility index (Phi) is 9.41. The van der Waals surface area contributed by atoms with Gasteiger partial charge < -0.3 is 25.2 Å². The Balaban J connectivity index is 1.82. The van der Waals surface area contributed by atoms with E-state index in [1.54, 1.807) is 7.11 Å². The number of para-hydroxylation sites is 2. The highest BCUT2D eigenvalue weighted by Crippen LogP contribution is 2.30. The molecule has 2 N–H and O–H groups in total.